The van der Waals surface area contributed by atoms with Crippen LogP contribution in [0.2, 0.25) is 0 Å². The summed E-state index contributed by atoms with van der Waals surface area (Å²) in [6, 6.07) is 0.152. The van der Waals surface area contributed by atoms with E-state index in [9.17, 15) is 9.90 Å². The van der Waals surface area contributed by atoms with E-state index in [-0.39, 0.29) is 18.1 Å². The molecule has 4 nitrogen and oxygen atoms in total. The van der Waals surface area contributed by atoms with Gasteiger partial charge in [-0.3, -0.25) is 10.1 Å². The van der Waals surface area contributed by atoms with Gasteiger partial charge in [-0.15, -0.1) is 0 Å². The SMILES string of the molecule is CC(C)NC(COC1CCCCC1C)(C(=O)O)C1CC1. The van der Waals surface area contributed by atoms with Gasteiger partial charge < -0.3 is 9.84 Å². The molecule has 4 heteroatoms. The lowest BCUT2D eigenvalue weighted by Crippen LogP contribution is -2.60. The van der Waals surface area contributed by atoms with Crippen molar-refractivity contribution >= 4 is 5.97 Å². The molecule has 0 bridgehead atoms. The molecule has 2 aliphatic rings. The number of nitrogens with one attached hydrogen (secondary N) is 1. The van der Waals surface area contributed by atoms with Crippen molar-refractivity contribution in [3.63, 3.8) is 0 Å². The van der Waals surface area contributed by atoms with Crippen molar-refractivity contribution in [3.05, 3.63) is 0 Å². The monoisotopic (exact) mass is 283 g/mol. The van der Waals surface area contributed by atoms with Gasteiger partial charge in [0.2, 0.25) is 0 Å². The van der Waals surface area contributed by atoms with Gasteiger partial charge in [-0.05, 0) is 51.4 Å². The first-order chi connectivity index (χ1) is 9.45. The minimum absolute atomic E-state index is 0.152. The highest BCUT2D eigenvalue weighted by molar-refractivity contribution is 5.80. The quantitative estimate of drug-likeness (QED) is 0.754. The van der Waals surface area contributed by atoms with Crippen LogP contribution in [0.4, 0.5) is 0 Å². The van der Waals surface area contributed by atoms with Gasteiger partial charge in [-0.1, -0.05) is 19.8 Å². The van der Waals surface area contributed by atoms with Crippen LogP contribution in [0.25, 0.3) is 0 Å². The smallest absolute Gasteiger partial charge is 0.326 e. The Morgan fingerprint density at radius 1 is 1.30 bits per heavy atom. The topological polar surface area (TPSA) is 58.6 Å². The highest BCUT2D eigenvalue weighted by Crippen LogP contribution is 2.41. The van der Waals surface area contributed by atoms with Crippen LogP contribution in [0.5, 0.6) is 0 Å². The summed E-state index contributed by atoms with van der Waals surface area (Å²) in [5.41, 5.74) is -0.884. The molecule has 2 rings (SSSR count). The molecule has 0 aromatic carbocycles. The number of carbonyl (C=O) groups is 1. The van der Waals surface area contributed by atoms with Crippen LogP contribution in [-0.2, 0) is 9.53 Å². The number of rotatable bonds is 7. The Morgan fingerprint density at radius 2 is 1.95 bits per heavy atom. The molecular weight excluding hydrogens is 254 g/mol. The Hall–Kier alpha value is -0.610. The van der Waals surface area contributed by atoms with Gasteiger partial charge in [-0.2, -0.15) is 0 Å². The van der Waals surface area contributed by atoms with Crippen molar-refractivity contribution in [2.45, 2.75) is 77.0 Å². The molecule has 2 aliphatic carbocycles. The Bertz CT molecular complexity index is 341. The third-order valence-corrected chi connectivity index (χ3v) is 4.76. The molecule has 0 aromatic heterocycles. The predicted octanol–water partition coefficient (Wildman–Crippen LogP) is 2.81. The maximum Gasteiger partial charge on any atom is 0.326 e. The molecule has 0 spiro atoms. The lowest BCUT2D eigenvalue weighted by molar-refractivity contribution is -0.152. The van der Waals surface area contributed by atoms with Crippen molar-refractivity contribution in [2.24, 2.45) is 11.8 Å². The molecule has 2 N–H and O–H groups in total. The highest BCUT2D eigenvalue weighted by Gasteiger charge is 2.52. The maximum atomic E-state index is 11.9. The van der Waals surface area contributed by atoms with Crippen molar-refractivity contribution in [1.82, 2.24) is 5.32 Å². The summed E-state index contributed by atoms with van der Waals surface area (Å²) >= 11 is 0. The summed E-state index contributed by atoms with van der Waals surface area (Å²) in [5, 5.41) is 13.0. The predicted molar refractivity (Wildman–Crippen MR) is 78.7 cm³/mol. The molecule has 0 radical (unpaired) electrons. The van der Waals surface area contributed by atoms with Crippen LogP contribution in [0.1, 0.15) is 59.3 Å². The first-order valence-electron chi connectivity index (χ1n) is 8.08. The van der Waals surface area contributed by atoms with Crippen LogP contribution >= 0.6 is 0 Å². The van der Waals surface area contributed by atoms with E-state index in [1.165, 1.54) is 19.3 Å². The number of ether oxygens (including phenoxy) is 1. The summed E-state index contributed by atoms with van der Waals surface area (Å²) < 4.78 is 6.08. The molecule has 2 fully saturated rings. The molecule has 2 saturated carbocycles. The van der Waals surface area contributed by atoms with Gasteiger partial charge in [-0.25, -0.2) is 0 Å². The summed E-state index contributed by atoms with van der Waals surface area (Å²) in [5.74, 6) is 0.0203. The minimum atomic E-state index is -0.884. The standard InChI is InChI=1S/C16H29NO3/c1-11(2)17-16(15(18)19,13-8-9-13)10-20-14-7-5-4-6-12(14)3/h11-14,17H,4-10H2,1-3H3,(H,18,19). The van der Waals surface area contributed by atoms with E-state index in [2.05, 4.69) is 12.2 Å². The van der Waals surface area contributed by atoms with E-state index in [0.717, 1.165) is 19.3 Å². The summed E-state index contributed by atoms with van der Waals surface area (Å²) in [6.07, 6.45) is 6.98. The molecule has 0 amide bonds. The van der Waals surface area contributed by atoms with Crippen molar-refractivity contribution in [3.8, 4) is 0 Å². The Morgan fingerprint density at radius 3 is 2.45 bits per heavy atom. The van der Waals surface area contributed by atoms with Gasteiger partial charge in [0.15, 0.2) is 0 Å². The molecular formula is C16H29NO3. The average Bonchev–Trinajstić information content (AvgIpc) is 3.20. The summed E-state index contributed by atoms with van der Waals surface area (Å²) in [6.45, 7) is 6.53. The van der Waals surface area contributed by atoms with Gasteiger partial charge in [0.1, 0.15) is 5.54 Å². The number of carboxylic acids is 1. The maximum absolute atomic E-state index is 11.9. The van der Waals surface area contributed by atoms with Crippen molar-refractivity contribution in [1.29, 1.82) is 0 Å². The zero-order chi connectivity index (χ0) is 14.8. The fourth-order valence-electron chi connectivity index (χ4n) is 3.44. The lowest BCUT2D eigenvalue weighted by Gasteiger charge is -2.36. The molecule has 0 aromatic rings. The molecule has 0 saturated heterocycles. The van der Waals surface area contributed by atoms with E-state index in [1.54, 1.807) is 0 Å². The van der Waals surface area contributed by atoms with Crippen LogP contribution in [0.3, 0.4) is 0 Å². The highest BCUT2D eigenvalue weighted by atomic mass is 16.5. The molecule has 3 atom stereocenters. The summed E-state index contributed by atoms with van der Waals surface area (Å²) in [4.78, 5) is 11.9. The van der Waals surface area contributed by atoms with E-state index in [1.807, 2.05) is 13.8 Å². The van der Waals surface area contributed by atoms with Gasteiger partial charge in [0, 0.05) is 6.04 Å². The normalized spacial score (nSPS) is 30.2. The molecule has 0 heterocycles. The molecule has 3 unspecified atom stereocenters. The van der Waals surface area contributed by atoms with E-state index in [4.69, 9.17) is 4.74 Å². The largest absolute Gasteiger partial charge is 0.480 e. The first kappa shape index (κ1) is 15.8. The number of aliphatic carboxylic acids is 1. The number of hydrogen-bond acceptors (Lipinski definition) is 3. The van der Waals surface area contributed by atoms with Gasteiger partial charge in [0.05, 0.1) is 12.7 Å². The number of carboxylic acid groups (broad SMARTS) is 1. The second kappa shape index (κ2) is 6.44. The first-order valence-corrected chi connectivity index (χ1v) is 8.08. The van der Waals surface area contributed by atoms with Crippen LogP contribution in [0, 0.1) is 11.8 Å². The zero-order valence-corrected chi connectivity index (χ0v) is 13.0. The molecule has 0 aliphatic heterocycles. The second-order valence-corrected chi connectivity index (χ2v) is 6.96. The minimum Gasteiger partial charge on any atom is -0.480 e. The van der Waals surface area contributed by atoms with Gasteiger partial charge in [0.25, 0.3) is 0 Å². The third-order valence-electron chi connectivity index (χ3n) is 4.76. The Kier molecular flexibility index (Phi) is 5.08. The average molecular weight is 283 g/mol. The Balaban J connectivity index is 2.01. The Labute approximate surface area is 122 Å². The van der Waals surface area contributed by atoms with Crippen LogP contribution in [-0.4, -0.2) is 35.4 Å². The van der Waals surface area contributed by atoms with Crippen molar-refractivity contribution < 1.29 is 14.6 Å². The van der Waals surface area contributed by atoms with Crippen LogP contribution in [0.15, 0.2) is 0 Å². The van der Waals surface area contributed by atoms with Crippen LogP contribution < -0.4 is 5.32 Å². The summed E-state index contributed by atoms with van der Waals surface area (Å²) in [7, 11) is 0. The van der Waals surface area contributed by atoms with E-state index in [0.29, 0.717) is 12.5 Å². The van der Waals surface area contributed by atoms with Gasteiger partial charge >= 0.3 is 5.97 Å². The lowest BCUT2D eigenvalue weighted by atomic mass is 9.87. The molecule has 116 valence electrons. The fourth-order valence-corrected chi connectivity index (χ4v) is 3.44. The van der Waals surface area contributed by atoms with Crippen molar-refractivity contribution in [2.75, 3.05) is 6.61 Å². The van der Waals surface area contributed by atoms with E-state index >= 15 is 0 Å². The fraction of sp³-hybridized carbons (Fsp3) is 0.938. The third kappa shape index (κ3) is 3.53. The second-order valence-electron chi connectivity index (χ2n) is 6.96. The zero-order valence-electron chi connectivity index (χ0n) is 13.0. The van der Waals surface area contributed by atoms with E-state index < -0.39 is 11.5 Å². The molecule has 20 heavy (non-hydrogen) atoms. The number of hydrogen-bond donors (Lipinski definition) is 2.